The lowest BCUT2D eigenvalue weighted by Gasteiger charge is -2.16. The number of rotatable bonds is 6. The number of carbonyl (C=O) groups is 1. The van der Waals surface area contributed by atoms with Crippen molar-refractivity contribution in [3.8, 4) is 0 Å². The number of amides is 1. The van der Waals surface area contributed by atoms with Crippen molar-refractivity contribution in [1.29, 1.82) is 0 Å². The van der Waals surface area contributed by atoms with Gasteiger partial charge in [-0.25, -0.2) is 9.67 Å². The SMILES string of the molecule is CCn1c(SC(C)C(=O)Nc2ccnn2C(C)C)nc2ccsc2c1=O. The quantitative estimate of drug-likeness (QED) is 0.515. The van der Waals surface area contributed by atoms with Crippen LogP contribution in [0.5, 0.6) is 0 Å². The van der Waals surface area contributed by atoms with Gasteiger partial charge in [-0.15, -0.1) is 11.3 Å². The molecule has 0 saturated heterocycles. The highest BCUT2D eigenvalue weighted by Gasteiger charge is 2.20. The van der Waals surface area contributed by atoms with Crippen molar-refractivity contribution in [1.82, 2.24) is 19.3 Å². The maximum absolute atomic E-state index is 12.6. The molecule has 26 heavy (non-hydrogen) atoms. The van der Waals surface area contributed by atoms with Gasteiger partial charge in [0.05, 0.1) is 17.0 Å². The molecule has 0 radical (unpaired) electrons. The molecule has 0 fully saturated rings. The second-order valence-corrected chi connectivity index (χ2v) is 8.31. The van der Waals surface area contributed by atoms with Gasteiger partial charge < -0.3 is 5.32 Å². The summed E-state index contributed by atoms with van der Waals surface area (Å²) in [6, 6.07) is 3.75. The fourth-order valence-corrected chi connectivity index (χ4v) is 4.31. The van der Waals surface area contributed by atoms with Crippen molar-refractivity contribution in [2.45, 2.75) is 50.7 Å². The molecule has 3 heterocycles. The van der Waals surface area contributed by atoms with Gasteiger partial charge in [0.25, 0.3) is 5.56 Å². The van der Waals surface area contributed by atoms with E-state index in [4.69, 9.17) is 0 Å². The van der Waals surface area contributed by atoms with Crippen LogP contribution in [-0.4, -0.2) is 30.5 Å². The molecule has 3 aromatic rings. The largest absolute Gasteiger partial charge is 0.310 e. The zero-order valence-electron chi connectivity index (χ0n) is 15.1. The molecule has 7 nitrogen and oxygen atoms in total. The summed E-state index contributed by atoms with van der Waals surface area (Å²) in [5.74, 6) is 0.506. The molecule has 0 aromatic carbocycles. The Bertz CT molecular complexity index is 989. The van der Waals surface area contributed by atoms with Crippen molar-refractivity contribution < 1.29 is 4.79 Å². The van der Waals surface area contributed by atoms with Gasteiger partial charge in [-0.1, -0.05) is 11.8 Å². The van der Waals surface area contributed by atoms with Crippen LogP contribution in [0.15, 0.2) is 33.7 Å². The summed E-state index contributed by atoms with van der Waals surface area (Å²) in [4.78, 5) is 29.7. The summed E-state index contributed by atoms with van der Waals surface area (Å²) >= 11 is 2.68. The summed E-state index contributed by atoms with van der Waals surface area (Å²) < 4.78 is 4.02. The molecule has 0 bridgehead atoms. The predicted molar refractivity (Wildman–Crippen MR) is 106 cm³/mol. The molecule has 0 aliphatic carbocycles. The molecule has 9 heteroatoms. The van der Waals surface area contributed by atoms with Gasteiger partial charge in [-0.2, -0.15) is 5.10 Å². The molecule has 0 aliphatic heterocycles. The Balaban J connectivity index is 1.82. The third-order valence-electron chi connectivity index (χ3n) is 3.91. The van der Waals surface area contributed by atoms with Crippen molar-refractivity contribution >= 4 is 45.0 Å². The number of hydrogen-bond acceptors (Lipinski definition) is 6. The normalized spacial score (nSPS) is 12.7. The molecule has 3 rings (SSSR count). The first kappa shape index (κ1) is 18.7. The third-order valence-corrected chi connectivity index (χ3v) is 5.89. The minimum atomic E-state index is -0.411. The minimum absolute atomic E-state index is 0.0551. The average Bonchev–Trinajstić information content (AvgIpc) is 3.24. The van der Waals surface area contributed by atoms with E-state index in [0.29, 0.717) is 27.7 Å². The van der Waals surface area contributed by atoms with Crippen LogP contribution in [0.1, 0.15) is 33.7 Å². The first-order valence-electron chi connectivity index (χ1n) is 8.41. The molecular formula is C17H21N5O2S2. The van der Waals surface area contributed by atoms with E-state index in [1.807, 2.05) is 32.2 Å². The zero-order chi connectivity index (χ0) is 18.8. The van der Waals surface area contributed by atoms with E-state index < -0.39 is 5.25 Å². The van der Waals surface area contributed by atoms with Gasteiger partial charge in [-0.3, -0.25) is 14.2 Å². The highest BCUT2D eigenvalue weighted by molar-refractivity contribution is 8.00. The molecule has 1 atom stereocenters. The van der Waals surface area contributed by atoms with Crippen LogP contribution in [0.25, 0.3) is 10.2 Å². The highest BCUT2D eigenvalue weighted by atomic mass is 32.2. The number of fused-ring (bicyclic) bond motifs is 1. The van der Waals surface area contributed by atoms with Crippen LogP contribution < -0.4 is 10.9 Å². The van der Waals surface area contributed by atoms with Gasteiger partial charge in [0.15, 0.2) is 5.16 Å². The lowest BCUT2D eigenvalue weighted by atomic mass is 10.4. The standard InChI is InChI=1S/C17H21N5O2S2/c1-5-21-16(24)14-12(7-9-25-14)19-17(21)26-11(4)15(23)20-13-6-8-18-22(13)10(2)3/h6-11H,5H2,1-4H3,(H,20,23). The Labute approximate surface area is 159 Å². The molecule has 1 N–H and O–H groups in total. The molecule has 0 aliphatic rings. The second-order valence-electron chi connectivity index (χ2n) is 6.08. The van der Waals surface area contributed by atoms with E-state index in [9.17, 15) is 9.59 Å². The number of nitrogens with zero attached hydrogens (tertiary/aromatic N) is 4. The van der Waals surface area contributed by atoms with Crippen LogP contribution in [-0.2, 0) is 11.3 Å². The number of carbonyl (C=O) groups excluding carboxylic acids is 1. The minimum Gasteiger partial charge on any atom is -0.310 e. The number of thiophene rings is 1. The third kappa shape index (κ3) is 3.54. The van der Waals surface area contributed by atoms with Gasteiger partial charge in [-0.05, 0) is 39.1 Å². The first-order valence-corrected chi connectivity index (χ1v) is 10.2. The van der Waals surface area contributed by atoms with Crippen molar-refractivity contribution in [3.63, 3.8) is 0 Å². The fraction of sp³-hybridized carbons (Fsp3) is 0.412. The van der Waals surface area contributed by atoms with Crippen LogP contribution >= 0.6 is 23.1 Å². The van der Waals surface area contributed by atoms with E-state index in [1.54, 1.807) is 28.4 Å². The Morgan fingerprint density at radius 2 is 2.12 bits per heavy atom. The number of hydrogen-bond donors (Lipinski definition) is 1. The Hall–Kier alpha value is -2.13. The van der Waals surface area contributed by atoms with E-state index in [0.717, 1.165) is 0 Å². The van der Waals surface area contributed by atoms with Crippen molar-refractivity contribution in [3.05, 3.63) is 34.1 Å². The summed E-state index contributed by atoms with van der Waals surface area (Å²) in [6.07, 6.45) is 1.66. The van der Waals surface area contributed by atoms with Crippen LogP contribution in [0.2, 0.25) is 0 Å². The Morgan fingerprint density at radius 3 is 2.81 bits per heavy atom. The zero-order valence-corrected chi connectivity index (χ0v) is 16.7. The van der Waals surface area contributed by atoms with E-state index >= 15 is 0 Å². The topological polar surface area (TPSA) is 81.8 Å². The van der Waals surface area contributed by atoms with Gasteiger partial charge in [0, 0.05) is 18.7 Å². The van der Waals surface area contributed by atoms with E-state index in [2.05, 4.69) is 15.4 Å². The van der Waals surface area contributed by atoms with E-state index in [1.165, 1.54) is 23.1 Å². The smallest absolute Gasteiger partial charge is 0.272 e. The molecule has 1 unspecified atom stereocenters. The van der Waals surface area contributed by atoms with Gasteiger partial charge in [0.2, 0.25) is 5.91 Å². The maximum atomic E-state index is 12.6. The molecule has 138 valence electrons. The summed E-state index contributed by atoms with van der Waals surface area (Å²) in [6.45, 7) is 8.22. The monoisotopic (exact) mass is 391 g/mol. The molecule has 3 aromatic heterocycles. The predicted octanol–water partition coefficient (Wildman–Crippen LogP) is 3.37. The fourth-order valence-electron chi connectivity index (χ4n) is 2.56. The van der Waals surface area contributed by atoms with Gasteiger partial charge in [0.1, 0.15) is 10.5 Å². The van der Waals surface area contributed by atoms with Crippen LogP contribution in [0.3, 0.4) is 0 Å². The number of thioether (sulfide) groups is 1. The highest BCUT2D eigenvalue weighted by Crippen LogP contribution is 2.25. The average molecular weight is 392 g/mol. The van der Waals surface area contributed by atoms with Crippen LogP contribution in [0.4, 0.5) is 5.82 Å². The second kappa shape index (κ2) is 7.63. The molecule has 1 amide bonds. The first-order chi connectivity index (χ1) is 12.4. The van der Waals surface area contributed by atoms with Crippen LogP contribution in [0, 0.1) is 0 Å². The number of nitrogens with one attached hydrogen (secondary N) is 1. The van der Waals surface area contributed by atoms with Crippen molar-refractivity contribution in [2.75, 3.05) is 5.32 Å². The molecule has 0 spiro atoms. The van der Waals surface area contributed by atoms with Crippen molar-refractivity contribution in [2.24, 2.45) is 0 Å². The lowest BCUT2D eigenvalue weighted by molar-refractivity contribution is -0.115. The van der Waals surface area contributed by atoms with Gasteiger partial charge >= 0.3 is 0 Å². The Morgan fingerprint density at radius 1 is 1.35 bits per heavy atom. The van der Waals surface area contributed by atoms with E-state index in [-0.39, 0.29) is 17.5 Å². The Kier molecular flexibility index (Phi) is 5.47. The summed E-state index contributed by atoms with van der Waals surface area (Å²) in [5.41, 5.74) is 0.623. The maximum Gasteiger partial charge on any atom is 0.272 e. The number of anilines is 1. The lowest BCUT2D eigenvalue weighted by Crippen LogP contribution is -2.27. The molecular weight excluding hydrogens is 370 g/mol. The number of aromatic nitrogens is 4. The molecule has 0 saturated carbocycles. The summed E-state index contributed by atoms with van der Waals surface area (Å²) in [5, 5.41) is 9.13. The summed E-state index contributed by atoms with van der Waals surface area (Å²) in [7, 11) is 0.